The summed E-state index contributed by atoms with van der Waals surface area (Å²) in [4.78, 5) is 16.5. The third kappa shape index (κ3) is 4.28. The number of nitrogens with one attached hydrogen (secondary N) is 1. The lowest BCUT2D eigenvalue weighted by atomic mass is 10.1. The first-order valence-corrected chi connectivity index (χ1v) is 11.9. The number of halogens is 4. The van der Waals surface area contributed by atoms with Crippen LogP contribution in [0.15, 0.2) is 64.2 Å². The third-order valence-corrected chi connectivity index (χ3v) is 6.94. The fourth-order valence-electron chi connectivity index (χ4n) is 3.99. The number of amidine groups is 2. The van der Waals surface area contributed by atoms with E-state index in [1.54, 1.807) is 12.1 Å². The Hall–Kier alpha value is -3.57. The number of rotatable bonds is 5. The minimum absolute atomic E-state index is 0.148. The summed E-state index contributed by atoms with van der Waals surface area (Å²) in [5, 5.41) is 12.4. The maximum atomic E-state index is 13.1. The number of benzene rings is 2. The van der Waals surface area contributed by atoms with E-state index in [2.05, 4.69) is 10.1 Å². The highest BCUT2D eigenvalue weighted by molar-refractivity contribution is 8.27. The van der Waals surface area contributed by atoms with Crippen molar-refractivity contribution >= 4 is 62.3 Å². The zero-order chi connectivity index (χ0) is 25.6. The SMILES string of the molecule is Cc1c(/C=C2\C(=N)N3N=C(C(F)(F)F)SC3=NC2=O)c2ccccc2n1CCOc1ccccc1Cl. The van der Waals surface area contributed by atoms with Gasteiger partial charge >= 0.3 is 6.18 Å². The summed E-state index contributed by atoms with van der Waals surface area (Å²) < 4.78 is 47.2. The molecule has 12 heteroatoms. The molecule has 0 atom stereocenters. The summed E-state index contributed by atoms with van der Waals surface area (Å²) in [5.41, 5.74) is 2.17. The van der Waals surface area contributed by atoms with Crippen molar-refractivity contribution in [3.05, 3.63) is 70.4 Å². The lowest BCUT2D eigenvalue weighted by molar-refractivity contribution is -0.114. The number of aromatic nitrogens is 1. The van der Waals surface area contributed by atoms with Gasteiger partial charge in [0.1, 0.15) is 12.4 Å². The van der Waals surface area contributed by atoms with E-state index in [0.717, 1.165) is 21.6 Å². The van der Waals surface area contributed by atoms with Crippen LogP contribution in [-0.2, 0) is 11.3 Å². The Balaban J connectivity index is 1.49. The van der Waals surface area contributed by atoms with Gasteiger partial charge in [0, 0.05) is 22.2 Å². The summed E-state index contributed by atoms with van der Waals surface area (Å²) in [6.07, 6.45) is -3.21. The van der Waals surface area contributed by atoms with Crippen molar-refractivity contribution in [3.8, 4) is 5.75 Å². The molecule has 0 saturated heterocycles. The molecule has 5 rings (SSSR count). The molecule has 3 aromatic rings. The van der Waals surface area contributed by atoms with Gasteiger partial charge < -0.3 is 9.30 Å². The number of carbonyl (C=O) groups is 1. The zero-order valence-electron chi connectivity index (χ0n) is 18.6. The molecule has 1 amide bonds. The van der Waals surface area contributed by atoms with E-state index in [0.29, 0.717) is 29.5 Å². The fraction of sp³-hybridized carbons (Fsp3) is 0.167. The summed E-state index contributed by atoms with van der Waals surface area (Å²) >= 11 is 6.39. The number of alkyl halides is 3. The molecular formula is C24H17ClF3N5O2S. The Kier molecular flexibility index (Phi) is 6.13. The molecule has 184 valence electrons. The maximum absolute atomic E-state index is 13.1. The standard InChI is InChI=1S/C24H17ClF3N5O2S/c1-13-15(12-16-20(29)33-23(30-21(16)34)36-22(31-33)24(26,27)28)14-6-2-4-8-18(14)32(13)10-11-35-19-9-5-3-7-17(19)25/h2-9,12,29H,10-11H2,1H3/b16-12+,29-20?. The largest absolute Gasteiger partial charge is 0.490 e. The topological polar surface area (TPSA) is 83.0 Å². The van der Waals surface area contributed by atoms with Crippen LogP contribution in [0.25, 0.3) is 17.0 Å². The molecular weight excluding hydrogens is 515 g/mol. The first-order valence-electron chi connectivity index (χ1n) is 10.7. The molecule has 0 fully saturated rings. The summed E-state index contributed by atoms with van der Waals surface area (Å²) in [6.45, 7) is 2.65. The van der Waals surface area contributed by atoms with Gasteiger partial charge in [0.15, 0.2) is 5.84 Å². The van der Waals surface area contributed by atoms with Crippen molar-refractivity contribution in [1.29, 1.82) is 5.41 Å². The monoisotopic (exact) mass is 531 g/mol. The lowest BCUT2D eigenvalue weighted by Gasteiger charge is -2.20. The molecule has 1 aromatic heterocycles. The minimum Gasteiger partial charge on any atom is -0.490 e. The van der Waals surface area contributed by atoms with E-state index in [-0.39, 0.29) is 22.5 Å². The average Bonchev–Trinajstić information content (AvgIpc) is 3.38. The molecule has 0 spiro atoms. The zero-order valence-corrected chi connectivity index (χ0v) is 20.2. The first-order chi connectivity index (χ1) is 17.1. The van der Waals surface area contributed by atoms with E-state index in [1.807, 2.05) is 47.9 Å². The smallest absolute Gasteiger partial charge is 0.441 e. The van der Waals surface area contributed by atoms with E-state index in [9.17, 15) is 18.0 Å². The molecule has 0 unspecified atom stereocenters. The van der Waals surface area contributed by atoms with Crippen LogP contribution in [0.1, 0.15) is 11.3 Å². The van der Waals surface area contributed by atoms with Crippen molar-refractivity contribution in [2.45, 2.75) is 19.6 Å². The molecule has 2 aromatic carbocycles. The van der Waals surface area contributed by atoms with Crippen LogP contribution in [0.4, 0.5) is 13.2 Å². The Labute approximate surface area is 212 Å². The highest BCUT2D eigenvalue weighted by atomic mass is 35.5. The van der Waals surface area contributed by atoms with Gasteiger partial charge in [-0.15, -0.1) is 0 Å². The predicted octanol–water partition coefficient (Wildman–Crippen LogP) is 5.86. The predicted molar refractivity (Wildman–Crippen MR) is 135 cm³/mol. The number of para-hydroxylation sites is 2. The van der Waals surface area contributed by atoms with Gasteiger partial charge in [-0.05, 0) is 43.0 Å². The number of ether oxygens (including phenoxy) is 1. The van der Waals surface area contributed by atoms with E-state index in [4.69, 9.17) is 21.7 Å². The van der Waals surface area contributed by atoms with Gasteiger partial charge in [-0.25, -0.2) is 0 Å². The molecule has 0 aliphatic carbocycles. The van der Waals surface area contributed by atoms with Crippen LogP contribution in [0.3, 0.4) is 0 Å². The average molecular weight is 532 g/mol. The van der Waals surface area contributed by atoms with E-state index >= 15 is 0 Å². The molecule has 0 saturated carbocycles. The third-order valence-electron chi connectivity index (χ3n) is 5.67. The van der Waals surface area contributed by atoms with Crippen LogP contribution < -0.4 is 4.74 Å². The molecule has 0 radical (unpaired) electrons. The molecule has 7 nitrogen and oxygen atoms in total. The molecule has 1 N–H and O–H groups in total. The van der Waals surface area contributed by atoms with Crippen molar-refractivity contribution in [2.24, 2.45) is 10.1 Å². The van der Waals surface area contributed by atoms with E-state index in [1.165, 1.54) is 6.08 Å². The minimum atomic E-state index is -4.70. The number of carbonyl (C=O) groups excluding carboxylic acids is 1. The maximum Gasteiger partial charge on any atom is 0.441 e. The van der Waals surface area contributed by atoms with Crippen molar-refractivity contribution < 1.29 is 22.7 Å². The number of amides is 1. The fourth-order valence-corrected chi connectivity index (χ4v) is 4.94. The Morgan fingerprint density at radius 2 is 1.89 bits per heavy atom. The van der Waals surface area contributed by atoms with Gasteiger partial charge in [-0.3, -0.25) is 10.2 Å². The molecule has 2 aliphatic rings. The Bertz CT molecular complexity index is 1510. The lowest BCUT2D eigenvalue weighted by Crippen LogP contribution is -2.35. The first kappa shape index (κ1) is 24.1. The van der Waals surface area contributed by atoms with Crippen LogP contribution in [-0.4, -0.2) is 44.3 Å². The van der Waals surface area contributed by atoms with Gasteiger partial charge in [-0.2, -0.15) is 28.3 Å². The highest BCUT2D eigenvalue weighted by Gasteiger charge is 2.46. The molecule has 0 bridgehead atoms. The Morgan fingerprint density at radius 3 is 2.64 bits per heavy atom. The van der Waals surface area contributed by atoms with Crippen LogP contribution in [0.5, 0.6) is 5.75 Å². The molecule has 2 aliphatic heterocycles. The van der Waals surface area contributed by atoms with Crippen molar-refractivity contribution in [3.63, 3.8) is 0 Å². The summed E-state index contributed by atoms with van der Waals surface area (Å²) in [5.74, 6) is -0.696. The number of fused-ring (bicyclic) bond motifs is 2. The van der Waals surface area contributed by atoms with Gasteiger partial charge in [0.05, 0.1) is 17.1 Å². The molecule has 3 heterocycles. The molecule has 36 heavy (non-hydrogen) atoms. The van der Waals surface area contributed by atoms with Crippen molar-refractivity contribution in [2.75, 3.05) is 6.61 Å². The second-order valence-electron chi connectivity index (χ2n) is 7.87. The second-order valence-corrected chi connectivity index (χ2v) is 9.23. The highest BCUT2D eigenvalue weighted by Crippen LogP contribution is 2.36. The quantitative estimate of drug-likeness (QED) is 0.418. The van der Waals surface area contributed by atoms with Gasteiger partial charge in [-0.1, -0.05) is 41.9 Å². The number of hydrogen-bond acceptors (Lipinski definition) is 5. The van der Waals surface area contributed by atoms with Crippen LogP contribution in [0, 0.1) is 12.3 Å². The number of thioether (sulfide) groups is 1. The second kappa shape index (κ2) is 9.14. The summed E-state index contributed by atoms with van der Waals surface area (Å²) in [7, 11) is 0. The van der Waals surface area contributed by atoms with Crippen LogP contribution in [0.2, 0.25) is 5.02 Å². The van der Waals surface area contributed by atoms with E-state index < -0.39 is 23.0 Å². The van der Waals surface area contributed by atoms with Gasteiger partial charge in [0.25, 0.3) is 5.91 Å². The number of aliphatic imine (C=N–C) groups is 1. The Morgan fingerprint density at radius 1 is 1.17 bits per heavy atom. The van der Waals surface area contributed by atoms with Crippen molar-refractivity contribution in [1.82, 2.24) is 9.58 Å². The number of hydrazone groups is 1. The normalized spacial score (nSPS) is 17.0. The summed E-state index contributed by atoms with van der Waals surface area (Å²) in [6, 6.07) is 14.7. The number of hydrogen-bond donors (Lipinski definition) is 1. The van der Waals surface area contributed by atoms with Crippen LogP contribution >= 0.6 is 23.4 Å². The van der Waals surface area contributed by atoms with Gasteiger partial charge in [0.2, 0.25) is 10.2 Å². The number of nitrogens with zero attached hydrogens (tertiary/aromatic N) is 4.